The van der Waals surface area contributed by atoms with E-state index in [-0.39, 0.29) is 12.3 Å². The molecule has 2 aromatic rings. The van der Waals surface area contributed by atoms with Crippen LogP contribution < -0.4 is 4.90 Å². The molecule has 0 bridgehead atoms. The highest BCUT2D eigenvalue weighted by atomic mass is 16.5. The molecule has 0 amide bonds. The molecule has 0 aliphatic heterocycles. The first-order valence-electron chi connectivity index (χ1n) is 9.06. The zero-order chi connectivity index (χ0) is 21.0. The normalized spacial score (nSPS) is 11.6. The molecular weight excluding hydrogens is 360 g/mol. The third-order valence-corrected chi connectivity index (χ3v) is 4.44. The quantitative estimate of drug-likeness (QED) is 0.580. The van der Waals surface area contributed by atoms with E-state index in [1.807, 2.05) is 19.0 Å². The molecule has 2 rings (SSSR count). The zero-order valence-electron chi connectivity index (χ0n) is 17.1. The Labute approximate surface area is 164 Å². The fraction of sp³-hybridized carbons (Fsp3) is 0.381. The van der Waals surface area contributed by atoms with Gasteiger partial charge in [-0.05, 0) is 57.5 Å². The maximum absolute atomic E-state index is 12.8. The highest BCUT2D eigenvalue weighted by molar-refractivity contribution is 6.04. The van der Waals surface area contributed by atoms with E-state index < -0.39 is 23.8 Å². The monoisotopic (exact) mass is 386 g/mol. The number of hydrogen-bond acceptors (Lipinski definition) is 6. The van der Waals surface area contributed by atoms with Crippen LogP contribution in [0.5, 0.6) is 0 Å². The fourth-order valence-electron chi connectivity index (χ4n) is 2.89. The van der Waals surface area contributed by atoms with Crippen LogP contribution in [0.25, 0.3) is 0 Å². The predicted molar refractivity (Wildman–Crippen MR) is 106 cm³/mol. The van der Waals surface area contributed by atoms with Gasteiger partial charge in [-0.15, -0.1) is 0 Å². The third kappa shape index (κ3) is 4.42. The summed E-state index contributed by atoms with van der Waals surface area (Å²) < 4.78 is 10.4. The van der Waals surface area contributed by atoms with Gasteiger partial charge in [0.15, 0.2) is 6.10 Å². The summed E-state index contributed by atoms with van der Waals surface area (Å²) in [5, 5.41) is 0. The van der Waals surface area contributed by atoms with Crippen LogP contribution in [0.4, 0.5) is 5.69 Å². The van der Waals surface area contributed by atoms with Crippen molar-refractivity contribution in [3.05, 3.63) is 52.3 Å². The Morgan fingerprint density at radius 2 is 1.68 bits per heavy atom. The minimum atomic E-state index is -1.01. The van der Waals surface area contributed by atoms with Gasteiger partial charge in [0.2, 0.25) is 5.78 Å². The van der Waals surface area contributed by atoms with E-state index in [9.17, 15) is 14.4 Å². The van der Waals surface area contributed by atoms with Gasteiger partial charge in [0.25, 0.3) is 0 Å². The molecule has 1 aromatic carbocycles. The Morgan fingerprint density at radius 3 is 2.21 bits per heavy atom. The van der Waals surface area contributed by atoms with Gasteiger partial charge in [0.1, 0.15) is 0 Å². The summed E-state index contributed by atoms with van der Waals surface area (Å²) in [5.74, 6) is -1.48. The number of esters is 2. The second-order valence-electron chi connectivity index (χ2n) is 6.70. The van der Waals surface area contributed by atoms with Gasteiger partial charge in [-0.3, -0.25) is 4.79 Å². The van der Waals surface area contributed by atoms with E-state index in [0.29, 0.717) is 22.4 Å². The van der Waals surface area contributed by atoms with Crippen LogP contribution >= 0.6 is 0 Å². The number of nitrogens with zero attached hydrogens (tertiary/aromatic N) is 1. The van der Waals surface area contributed by atoms with Crippen molar-refractivity contribution in [3.8, 4) is 0 Å². The summed E-state index contributed by atoms with van der Waals surface area (Å²) in [4.78, 5) is 42.0. The molecule has 0 saturated carbocycles. The second-order valence-corrected chi connectivity index (χ2v) is 6.70. The molecule has 28 heavy (non-hydrogen) atoms. The highest BCUT2D eigenvalue weighted by Crippen LogP contribution is 2.21. The SMILES string of the molecule is CCOC(=O)c1c(C)[nH]c(C(=O)C(C)OC(=O)c2ccc(N(C)C)cc2)c1C. The topological polar surface area (TPSA) is 88.7 Å². The van der Waals surface area contributed by atoms with Crippen molar-refractivity contribution < 1.29 is 23.9 Å². The molecule has 0 fully saturated rings. The largest absolute Gasteiger partial charge is 0.462 e. The molecule has 1 N–H and O–H groups in total. The number of nitrogens with one attached hydrogen (secondary N) is 1. The van der Waals surface area contributed by atoms with Gasteiger partial charge >= 0.3 is 11.9 Å². The summed E-state index contributed by atoms with van der Waals surface area (Å²) in [7, 11) is 3.80. The van der Waals surface area contributed by atoms with E-state index >= 15 is 0 Å². The molecular formula is C21H26N2O5. The van der Waals surface area contributed by atoms with Crippen molar-refractivity contribution in [2.75, 3.05) is 25.6 Å². The molecule has 1 unspecified atom stereocenters. The third-order valence-electron chi connectivity index (χ3n) is 4.44. The van der Waals surface area contributed by atoms with Gasteiger partial charge in [0, 0.05) is 25.5 Å². The number of rotatable bonds is 7. The average molecular weight is 386 g/mol. The van der Waals surface area contributed by atoms with Crippen LogP contribution in [-0.2, 0) is 9.47 Å². The Kier molecular flexibility index (Phi) is 6.62. The Hall–Kier alpha value is -3.09. The van der Waals surface area contributed by atoms with Crippen molar-refractivity contribution in [2.24, 2.45) is 0 Å². The number of ether oxygens (including phenoxy) is 2. The Balaban J connectivity index is 2.15. The van der Waals surface area contributed by atoms with E-state index in [2.05, 4.69) is 4.98 Å². The van der Waals surface area contributed by atoms with Gasteiger partial charge in [0.05, 0.1) is 23.4 Å². The molecule has 0 radical (unpaired) electrons. The molecule has 7 nitrogen and oxygen atoms in total. The molecule has 1 aromatic heterocycles. The number of H-pyrrole nitrogens is 1. The van der Waals surface area contributed by atoms with Crippen LogP contribution in [0.3, 0.4) is 0 Å². The lowest BCUT2D eigenvalue weighted by atomic mass is 10.1. The van der Waals surface area contributed by atoms with E-state index in [1.165, 1.54) is 6.92 Å². The first kappa shape index (κ1) is 21.2. The summed E-state index contributed by atoms with van der Waals surface area (Å²) in [6.45, 7) is 6.82. The summed E-state index contributed by atoms with van der Waals surface area (Å²) in [5.41, 5.74) is 2.91. The molecule has 0 aliphatic rings. The number of aromatic amines is 1. The average Bonchev–Trinajstić information content (AvgIpc) is 2.95. The molecule has 1 atom stereocenters. The number of aryl methyl sites for hydroxylation is 1. The molecule has 150 valence electrons. The minimum absolute atomic E-state index is 0.240. The summed E-state index contributed by atoms with van der Waals surface area (Å²) in [6.07, 6.45) is -1.01. The van der Waals surface area contributed by atoms with Crippen molar-refractivity contribution in [1.82, 2.24) is 4.98 Å². The molecule has 0 saturated heterocycles. The smallest absolute Gasteiger partial charge is 0.340 e. The van der Waals surface area contributed by atoms with E-state index in [4.69, 9.17) is 9.47 Å². The van der Waals surface area contributed by atoms with Gasteiger partial charge < -0.3 is 19.4 Å². The van der Waals surface area contributed by atoms with Crippen LogP contribution in [0.2, 0.25) is 0 Å². The van der Waals surface area contributed by atoms with Gasteiger partial charge in [-0.2, -0.15) is 0 Å². The summed E-state index contributed by atoms with van der Waals surface area (Å²) >= 11 is 0. The maximum Gasteiger partial charge on any atom is 0.340 e. The number of benzene rings is 1. The number of aromatic nitrogens is 1. The number of Topliss-reactive ketones (excluding diaryl/α,β-unsaturated/α-hetero) is 1. The van der Waals surface area contributed by atoms with Crippen molar-refractivity contribution in [3.63, 3.8) is 0 Å². The van der Waals surface area contributed by atoms with Crippen LogP contribution in [0.15, 0.2) is 24.3 Å². The molecule has 0 aliphatic carbocycles. The van der Waals surface area contributed by atoms with Crippen LogP contribution in [-0.4, -0.2) is 49.5 Å². The minimum Gasteiger partial charge on any atom is -0.462 e. The Bertz CT molecular complexity index is 881. The summed E-state index contributed by atoms with van der Waals surface area (Å²) in [6, 6.07) is 6.90. The highest BCUT2D eigenvalue weighted by Gasteiger charge is 2.27. The molecule has 0 spiro atoms. The standard InChI is InChI=1S/C21H26N2O5/c1-7-27-21(26)17-12(2)18(22-13(17)3)19(24)14(4)28-20(25)15-8-10-16(11-9-15)23(5)6/h8-11,14,22H,7H2,1-6H3. The van der Waals surface area contributed by atoms with Crippen molar-refractivity contribution in [1.29, 1.82) is 0 Å². The van der Waals surface area contributed by atoms with Crippen LogP contribution in [0.1, 0.15) is 56.3 Å². The number of anilines is 1. The lowest BCUT2D eigenvalue weighted by Crippen LogP contribution is -2.25. The first-order valence-corrected chi connectivity index (χ1v) is 9.06. The lowest BCUT2D eigenvalue weighted by molar-refractivity contribution is 0.0316. The fourth-order valence-corrected chi connectivity index (χ4v) is 2.89. The Morgan fingerprint density at radius 1 is 1.07 bits per heavy atom. The van der Waals surface area contributed by atoms with Gasteiger partial charge in [-0.25, -0.2) is 9.59 Å². The molecule has 1 heterocycles. The van der Waals surface area contributed by atoms with E-state index in [0.717, 1.165) is 5.69 Å². The van der Waals surface area contributed by atoms with E-state index in [1.54, 1.807) is 45.0 Å². The second kappa shape index (κ2) is 8.73. The maximum atomic E-state index is 12.8. The number of carbonyl (C=O) groups is 3. The van der Waals surface area contributed by atoms with Crippen molar-refractivity contribution >= 4 is 23.4 Å². The first-order chi connectivity index (χ1) is 13.2. The number of hydrogen-bond donors (Lipinski definition) is 1. The lowest BCUT2D eigenvalue weighted by Gasteiger charge is -2.14. The van der Waals surface area contributed by atoms with Crippen LogP contribution in [0, 0.1) is 13.8 Å². The van der Waals surface area contributed by atoms with Crippen molar-refractivity contribution in [2.45, 2.75) is 33.8 Å². The molecule has 7 heteroatoms. The zero-order valence-corrected chi connectivity index (χ0v) is 17.1. The number of ketones is 1. The predicted octanol–water partition coefficient (Wildman–Crippen LogP) is 3.30. The number of carbonyl (C=O) groups excluding carboxylic acids is 3. The van der Waals surface area contributed by atoms with Gasteiger partial charge in [-0.1, -0.05) is 0 Å².